The first-order valence-corrected chi connectivity index (χ1v) is 20.2. The number of ether oxygens (including phenoxy) is 2. The van der Waals surface area contributed by atoms with Gasteiger partial charge in [0.25, 0.3) is 5.91 Å². The Morgan fingerprint density at radius 2 is 1.48 bits per heavy atom. The average Bonchev–Trinajstić information content (AvgIpc) is 3.34. The first-order chi connectivity index (χ1) is 26.4. The van der Waals surface area contributed by atoms with Gasteiger partial charge in [0.15, 0.2) is 6.10 Å². The Labute approximate surface area is 333 Å². The number of piperidine rings is 3. The predicted molar refractivity (Wildman–Crippen MR) is 217 cm³/mol. The number of phenols is 1. The van der Waals surface area contributed by atoms with Crippen molar-refractivity contribution in [3.63, 3.8) is 0 Å². The molecule has 13 heteroatoms. The first-order valence-electron chi connectivity index (χ1n) is 20.2. The van der Waals surface area contributed by atoms with Crippen molar-refractivity contribution < 1.29 is 33.8 Å². The molecule has 13 nitrogen and oxygen atoms in total. The van der Waals surface area contributed by atoms with Crippen molar-refractivity contribution in [2.45, 2.75) is 84.8 Å². The summed E-state index contributed by atoms with van der Waals surface area (Å²) in [7, 11) is 3.91. The summed E-state index contributed by atoms with van der Waals surface area (Å²) in [5.41, 5.74) is 4.22. The maximum absolute atomic E-state index is 14.2. The molecule has 3 saturated heterocycles. The number of para-hydroxylation sites is 1. The molecule has 2 aromatic rings. The van der Waals surface area contributed by atoms with Gasteiger partial charge in [0.2, 0.25) is 0 Å². The number of urea groups is 1. The van der Waals surface area contributed by atoms with Crippen molar-refractivity contribution in [3.05, 3.63) is 58.7 Å². The smallest absolute Gasteiger partial charge is 0.410 e. The highest BCUT2D eigenvalue weighted by Crippen LogP contribution is 2.33. The van der Waals surface area contributed by atoms with Crippen molar-refractivity contribution in [1.29, 1.82) is 0 Å². The second kappa shape index (κ2) is 19.7. The molecule has 0 aromatic heterocycles. The maximum atomic E-state index is 14.2. The van der Waals surface area contributed by atoms with Gasteiger partial charge >= 0.3 is 18.1 Å². The Morgan fingerprint density at radius 3 is 2.12 bits per heavy atom. The van der Waals surface area contributed by atoms with Gasteiger partial charge in [-0.15, -0.1) is 0 Å². The minimum absolute atomic E-state index is 0. The molecule has 6 rings (SSSR count). The monoisotopic (exact) mass is 776 g/mol. The molecule has 0 bridgehead atoms. The Balaban J connectivity index is 0.00000600. The van der Waals surface area contributed by atoms with Crippen LogP contribution >= 0.6 is 0 Å². The number of hydrogen-bond acceptors (Lipinski definition) is 9. The molecule has 4 amide bonds. The SMILES string of the molecule is C.Cc1cc(C[C@@H](OC(=O)N2CCC(N3CCc4ccccc4NC3=O)CC2)C(=O)N2CCC(C3CCN(CC(=O)OCCN(C)C)CC3)CC2)cc(C)c1O. The van der Waals surface area contributed by atoms with Crippen LogP contribution in [0.15, 0.2) is 36.4 Å². The molecule has 56 heavy (non-hydrogen) atoms. The van der Waals surface area contributed by atoms with Crippen LogP contribution in [0.2, 0.25) is 0 Å². The fourth-order valence-corrected chi connectivity index (χ4v) is 8.80. The van der Waals surface area contributed by atoms with Crippen LogP contribution in [0.1, 0.15) is 68.2 Å². The lowest BCUT2D eigenvalue weighted by Crippen LogP contribution is -2.52. The van der Waals surface area contributed by atoms with Crippen molar-refractivity contribution in [3.8, 4) is 5.75 Å². The van der Waals surface area contributed by atoms with Crippen LogP contribution < -0.4 is 5.32 Å². The number of hydrogen-bond donors (Lipinski definition) is 2. The normalized spacial score (nSPS) is 19.4. The summed E-state index contributed by atoms with van der Waals surface area (Å²) in [6.07, 6.45) is 4.56. The van der Waals surface area contributed by atoms with E-state index in [1.807, 2.05) is 79.0 Å². The Hall–Kier alpha value is -4.36. The lowest BCUT2D eigenvalue weighted by molar-refractivity contribution is -0.145. The molecule has 4 heterocycles. The number of rotatable bonds is 11. The highest BCUT2D eigenvalue weighted by molar-refractivity contribution is 5.91. The van der Waals surface area contributed by atoms with Crippen molar-refractivity contribution in [1.82, 2.24) is 24.5 Å². The van der Waals surface area contributed by atoms with Crippen molar-refractivity contribution in [2.75, 3.05) is 84.9 Å². The lowest BCUT2D eigenvalue weighted by Gasteiger charge is -2.41. The van der Waals surface area contributed by atoms with Crippen LogP contribution in [-0.2, 0) is 31.9 Å². The molecule has 0 spiro atoms. The number of carbonyl (C=O) groups is 4. The van der Waals surface area contributed by atoms with Crippen LogP contribution in [0.25, 0.3) is 0 Å². The molecule has 0 aliphatic carbocycles. The molecular weight excluding hydrogens is 713 g/mol. The molecule has 0 saturated carbocycles. The van der Waals surface area contributed by atoms with Crippen LogP contribution in [-0.4, -0.2) is 145 Å². The van der Waals surface area contributed by atoms with E-state index in [4.69, 9.17) is 9.47 Å². The summed E-state index contributed by atoms with van der Waals surface area (Å²) < 4.78 is 11.5. The third kappa shape index (κ3) is 10.9. The largest absolute Gasteiger partial charge is 0.507 e. The van der Waals surface area contributed by atoms with E-state index in [9.17, 15) is 24.3 Å². The number of aryl methyl sites for hydroxylation is 2. The molecule has 308 valence electrons. The molecule has 2 N–H and O–H groups in total. The summed E-state index contributed by atoms with van der Waals surface area (Å²) >= 11 is 0. The van der Waals surface area contributed by atoms with E-state index in [0.717, 1.165) is 62.0 Å². The van der Waals surface area contributed by atoms with Crippen LogP contribution in [0.5, 0.6) is 5.75 Å². The van der Waals surface area contributed by atoms with E-state index >= 15 is 0 Å². The Morgan fingerprint density at radius 1 is 0.875 bits per heavy atom. The van der Waals surface area contributed by atoms with Crippen LogP contribution in [0, 0.1) is 25.7 Å². The van der Waals surface area contributed by atoms with Crippen molar-refractivity contribution in [2.24, 2.45) is 11.8 Å². The highest BCUT2D eigenvalue weighted by Gasteiger charge is 2.37. The number of likely N-dealkylation sites (tertiary alicyclic amines) is 3. The molecule has 0 unspecified atom stereocenters. The van der Waals surface area contributed by atoms with Gasteiger partial charge in [-0.1, -0.05) is 37.8 Å². The van der Waals surface area contributed by atoms with Gasteiger partial charge < -0.3 is 39.5 Å². The molecule has 1 atom stereocenters. The summed E-state index contributed by atoms with van der Waals surface area (Å²) in [6.45, 7) is 9.53. The molecular formula is C43H64N6O7. The van der Waals surface area contributed by atoms with Crippen molar-refractivity contribution >= 4 is 29.7 Å². The number of nitrogens with zero attached hydrogens (tertiary/aromatic N) is 5. The molecule has 0 radical (unpaired) electrons. The van der Waals surface area contributed by atoms with Gasteiger partial charge in [-0.3, -0.25) is 14.5 Å². The number of amides is 4. The zero-order valence-electron chi connectivity index (χ0n) is 33.1. The van der Waals surface area contributed by atoms with Gasteiger partial charge in [0.05, 0.1) is 6.54 Å². The predicted octanol–water partition coefficient (Wildman–Crippen LogP) is 5.30. The molecule has 4 aliphatic heterocycles. The number of fused-ring (bicyclic) bond motifs is 1. The minimum atomic E-state index is -0.999. The molecule has 4 aliphatic rings. The standard InChI is InChI=1S/C42H60N6O7.CH4/c1-29-25-31(26-30(2)39(29)50)27-37(55-42(53)47-20-14-35(15-21-47)48-22-13-34-7-5-6-8-36(34)43-41(48)52)40(51)46-18-11-33(12-19-46)32-9-16-45(17-10-32)28-38(49)54-24-23-44(3)4;/h5-8,25-26,32-33,35,37,50H,9-24,27-28H2,1-4H3,(H,43,52);1H4/t37-;/m1./s1. The van der Waals surface area contributed by atoms with Gasteiger partial charge in [0, 0.05) is 57.4 Å². The first kappa shape index (κ1) is 42.8. The van der Waals surface area contributed by atoms with E-state index in [1.54, 1.807) is 4.90 Å². The van der Waals surface area contributed by atoms with E-state index in [-0.39, 0.29) is 43.5 Å². The summed E-state index contributed by atoms with van der Waals surface area (Å²) in [5.74, 6) is 0.921. The van der Waals surface area contributed by atoms with Gasteiger partial charge in [0.1, 0.15) is 12.4 Å². The minimum Gasteiger partial charge on any atom is -0.507 e. The van der Waals surface area contributed by atoms with Crippen LogP contribution in [0.3, 0.4) is 0 Å². The number of esters is 1. The van der Waals surface area contributed by atoms with E-state index in [2.05, 4.69) is 10.2 Å². The topological polar surface area (TPSA) is 135 Å². The van der Waals surface area contributed by atoms with E-state index < -0.39 is 12.2 Å². The average molecular weight is 777 g/mol. The van der Waals surface area contributed by atoms with Crippen LogP contribution in [0.4, 0.5) is 15.3 Å². The zero-order chi connectivity index (χ0) is 39.1. The van der Waals surface area contributed by atoms with E-state index in [1.165, 1.54) is 0 Å². The second-order valence-corrected chi connectivity index (χ2v) is 16.2. The summed E-state index contributed by atoms with van der Waals surface area (Å²) in [5, 5.41) is 13.4. The number of anilines is 1. The third-order valence-corrected chi connectivity index (χ3v) is 12.1. The number of benzene rings is 2. The second-order valence-electron chi connectivity index (χ2n) is 16.2. The lowest BCUT2D eigenvalue weighted by atomic mass is 9.78. The number of phenolic OH excluding ortho intramolecular Hbond substituents is 1. The number of likely N-dealkylation sites (N-methyl/N-ethyl adjacent to an activating group) is 1. The maximum Gasteiger partial charge on any atom is 0.410 e. The zero-order valence-corrected chi connectivity index (χ0v) is 33.1. The highest BCUT2D eigenvalue weighted by atomic mass is 16.6. The summed E-state index contributed by atoms with van der Waals surface area (Å²) in [6, 6.07) is 11.5. The van der Waals surface area contributed by atoms with Gasteiger partial charge in [-0.2, -0.15) is 0 Å². The molecule has 2 aromatic carbocycles. The number of carbonyl (C=O) groups excluding carboxylic acids is 4. The fraction of sp³-hybridized carbons (Fsp3) is 0.628. The van der Waals surface area contributed by atoms with Gasteiger partial charge in [-0.25, -0.2) is 9.59 Å². The Kier molecular flexibility index (Phi) is 15.0. The number of aromatic hydroxyl groups is 1. The number of nitrogens with one attached hydrogen (secondary N) is 1. The molecule has 3 fully saturated rings. The summed E-state index contributed by atoms with van der Waals surface area (Å²) in [4.78, 5) is 62.9. The Bertz CT molecular complexity index is 1640. The third-order valence-electron chi connectivity index (χ3n) is 12.1. The van der Waals surface area contributed by atoms with Gasteiger partial charge in [-0.05, 0) is 126 Å². The fourth-order valence-electron chi connectivity index (χ4n) is 8.80. The van der Waals surface area contributed by atoms with E-state index in [0.29, 0.717) is 88.2 Å². The quantitative estimate of drug-likeness (QED) is 0.292.